The number of hydrogen-bond donors (Lipinski definition) is 1. The lowest BCUT2D eigenvalue weighted by atomic mass is 10.1. The number of ether oxygens (including phenoxy) is 2. The van der Waals surface area contributed by atoms with Gasteiger partial charge in [0.05, 0.1) is 12.7 Å². The number of nitrogens with two attached hydrogens (primary N) is 1. The predicted molar refractivity (Wildman–Crippen MR) is 78.9 cm³/mol. The van der Waals surface area contributed by atoms with Crippen molar-refractivity contribution < 1.29 is 13.9 Å². The van der Waals surface area contributed by atoms with Crippen molar-refractivity contribution in [3.63, 3.8) is 0 Å². The molecule has 1 unspecified atom stereocenters. The van der Waals surface area contributed by atoms with Crippen LogP contribution in [-0.2, 0) is 13.0 Å². The second-order valence-corrected chi connectivity index (χ2v) is 4.91. The Hall–Kier alpha value is -2.14. The van der Waals surface area contributed by atoms with E-state index < -0.39 is 5.82 Å². The maximum Gasteiger partial charge on any atom is 0.219 e. The van der Waals surface area contributed by atoms with Gasteiger partial charge < -0.3 is 15.2 Å². The van der Waals surface area contributed by atoms with Gasteiger partial charge in [-0.05, 0) is 43.2 Å². The van der Waals surface area contributed by atoms with Gasteiger partial charge >= 0.3 is 0 Å². The highest BCUT2D eigenvalue weighted by Gasteiger charge is 2.09. The molecule has 1 atom stereocenters. The second-order valence-electron chi connectivity index (χ2n) is 4.91. The van der Waals surface area contributed by atoms with E-state index in [-0.39, 0.29) is 18.4 Å². The quantitative estimate of drug-likeness (QED) is 0.888. The van der Waals surface area contributed by atoms with Crippen LogP contribution in [0.5, 0.6) is 11.6 Å². The summed E-state index contributed by atoms with van der Waals surface area (Å²) in [5, 5.41) is 0. The molecule has 0 saturated heterocycles. The molecule has 2 N–H and O–H groups in total. The van der Waals surface area contributed by atoms with Crippen LogP contribution in [0.2, 0.25) is 0 Å². The standard InChI is InChI=1S/C16H19FN2O2/c1-11(18)8-12-5-6-15(14(17)9-12)21-10-13-4-3-7-19-16(13)20-2/h3-7,9,11H,8,10,18H2,1-2H3. The lowest BCUT2D eigenvalue weighted by Crippen LogP contribution is -2.17. The van der Waals surface area contributed by atoms with Crippen LogP contribution in [0.25, 0.3) is 0 Å². The number of rotatable bonds is 6. The van der Waals surface area contributed by atoms with Gasteiger partial charge in [-0.25, -0.2) is 9.37 Å². The minimum Gasteiger partial charge on any atom is -0.486 e. The summed E-state index contributed by atoms with van der Waals surface area (Å²) in [7, 11) is 1.54. The molecule has 0 saturated carbocycles. The number of benzene rings is 1. The van der Waals surface area contributed by atoms with Crippen LogP contribution in [0.1, 0.15) is 18.1 Å². The molecule has 0 aliphatic carbocycles. The highest BCUT2D eigenvalue weighted by Crippen LogP contribution is 2.22. The van der Waals surface area contributed by atoms with Crippen molar-refractivity contribution >= 4 is 0 Å². The zero-order valence-electron chi connectivity index (χ0n) is 12.2. The zero-order valence-corrected chi connectivity index (χ0v) is 12.2. The van der Waals surface area contributed by atoms with Crippen LogP contribution in [0.4, 0.5) is 4.39 Å². The van der Waals surface area contributed by atoms with E-state index in [1.807, 2.05) is 19.1 Å². The largest absolute Gasteiger partial charge is 0.486 e. The predicted octanol–water partition coefficient (Wildman–Crippen LogP) is 2.70. The first-order valence-corrected chi connectivity index (χ1v) is 6.75. The summed E-state index contributed by atoms with van der Waals surface area (Å²) in [6.45, 7) is 2.08. The van der Waals surface area contributed by atoms with Gasteiger partial charge in [-0.15, -0.1) is 0 Å². The summed E-state index contributed by atoms with van der Waals surface area (Å²) in [5.74, 6) is 0.289. The molecule has 2 aromatic rings. The Balaban J connectivity index is 2.06. The minimum atomic E-state index is -0.393. The van der Waals surface area contributed by atoms with Crippen molar-refractivity contribution in [3.8, 4) is 11.6 Å². The highest BCUT2D eigenvalue weighted by molar-refractivity contribution is 5.31. The van der Waals surface area contributed by atoms with Crippen LogP contribution in [0.15, 0.2) is 36.5 Å². The normalized spacial score (nSPS) is 12.0. The fourth-order valence-electron chi connectivity index (χ4n) is 2.03. The first-order valence-electron chi connectivity index (χ1n) is 6.75. The van der Waals surface area contributed by atoms with Crippen molar-refractivity contribution in [3.05, 3.63) is 53.5 Å². The summed E-state index contributed by atoms with van der Waals surface area (Å²) < 4.78 is 24.6. The average molecular weight is 290 g/mol. The molecule has 1 heterocycles. The molecule has 0 aliphatic rings. The van der Waals surface area contributed by atoms with Gasteiger partial charge in [0.1, 0.15) is 6.61 Å². The Bertz CT molecular complexity index is 603. The maximum atomic E-state index is 14.0. The lowest BCUT2D eigenvalue weighted by Gasteiger charge is -2.11. The average Bonchev–Trinajstić information content (AvgIpc) is 2.46. The molecule has 0 aliphatic heterocycles. The number of hydrogen-bond acceptors (Lipinski definition) is 4. The number of pyridine rings is 1. The van der Waals surface area contributed by atoms with Crippen molar-refractivity contribution in [2.75, 3.05) is 7.11 Å². The van der Waals surface area contributed by atoms with Crippen LogP contribution < -0.4 is 15.2 Å². The van der Waals surface area contributed by atoms with Crippen LogP contribution in [0, 0.1) is 5.82 Å². The van der Waals surface area contributed by atoms with E-state index in [0.717, 1.165) is 11.1 Å². The lowest BCUT2D eigenvalue weighted by molar-refractivity contribution is 0.280. The minimum absolute atomic E-state index is 0.00387. The molecule has 21 heavy (non-hydrogen) atoms. The van der Waals surface area contributed by atoms with E-state index in [9.17, 15) is 4.39 Å². The molecular formula is C16H19FN2O2. The maximum absolute atomic E-state index is 14.0. The zero-order chi connectivity index (χ0) is 15.2. The molecule has 4 nitrogen and oxygen atoms in total. The number of nitrogens with zero attached hydrogens (tertiary/aromatic N) is 1. The van der Waals surface area contributed by atoms with Crippen molar-refractivity contribution in [1.82, 2.24) is 4.98 Å². The first-order chi connectivity index (χ1) is 10.1. The Morgan fingerprint density at radius 2 is 2.14 bits per heavy atom. The van der Waals surface area contributed by atoms with Crippen molar-refractivity contribution in [2.24, 2.45) is 5.73 Å². The van der Waals surface area contributed by atoms with E-state index in [2.05, 4.69) is 4.98 Å². The topological polar surface area (TPSA) is 57.4 Å². The number of methoxy groups -OCH3 is 1. The third kappa shape index (κ3) is 4.16. The van der Waals surface area contributed by atoms with Gasteiger partial charge in [0.15, 0.2) is 11.6 Å². The smallest absolute Gasteiger partial charge is 0.219 e. The molecule has 0 radical (unpaired) electrons. The summed E-state index contributed by atoms with van der Waals surface area (Å²) in [6.07, 6.45) is 2.26. The molecule has 2 rings (SSSR count). The molecule has 0 bridgehead atoms. The Morgan fingerprint density at radius 3 is 2.81 bits per heavy atom. The van der Waals surface area contributed by atoms with Gasteiger partial charge in [0, 0.05) is 12.2 Å². The summed E-state index contributed by atoms with van der Waals surface area (Å²) in [4.78, 5) is 4.07. The van der Waals surface area contributed by atoms with E-state index in [0.29, 0.717) is 12.3 Å². The van der Waals surface area contributed by atoms with Crippen molar-refractivity contribution in [2.45, 2.75) is 26.0 Å². The molecule has 112 valence electrons. The molecule has 1 aromatic carbocycles. The van der Waals surface area contributed by atoms with Crippen LogP contribution >= 0.6 is 0 Å². The third-order valence-electron chi connectivity index (χ3n) is 2.98. The highest BCUT2D eigenvalue weighted by atomic mass is 19.1. The Labute approximate surface area is 123 Å². The third-order valence-corrected chi connectivity index (χ3v) is 2.98. The van der Waals surface area contributed by atoms with E-state index >= 15 is 0 Å². The molecule has 0 amide bonds. The van der Waals surface area contributed by atoms with Crippen LogP contribution in [0.3, 0.4) is 0 Å². The fourth-order valence-corrected chi connectivity index (χ4v) is 2.03. The van der Waals surface area contributed by atoms with Gasteiger partial charge in [-0.2, -0.15) is 0 Å². The monoisotopic (exact) mass is 290 g/mol. The Kier molecular flexibility index (Phi) is 5.11. The van der Waals surface area contributed by atoms with Gasteiger partial charge in [0.25, 0.3) is 0 Å². The fraction of sp³-hybridized carbons (Fsp3) is 0.312. The molecular weight excluding hydrogens is 271 g/mol. The van der Waals surface area contributed by atoms with Crippen molar-refractivity contribution in [1.29, 1.82) is 0 Å². The molecule has 0 fully saturated rings. The molecule has 0 spiro atoms. The SMILES string of the molecule is COc1ncccc1COc1ccc(CC(C)N)cc1F. The molecule has 5 heteroatoms. The van der Waals surface area contributed by atoms with E-state index in [1.54, 1.807) is 18.3 Å². The number of halogens is 1. The van der Waals surface area contributed by atoms with Gasteiger partial charge in [0.2, 0.25) is 5.88 Å². The summed E-state index contributed by atoms with van der Waals surface area (Å²) >= 11 is 0. The first kappa shape index (κ1) is 15.3. The van der Waals surface area contributed by atoms with Crippen LogP contribution in [-0.4, -0.2) is 18.1 Å². The summed E-state index contributed by atoms with van der Waals surface area (Å²) in [5.41, 5.74) is 7.32. The second kappa shape index (κ2) is 7.04. The number of aromatic nitrogens is 1. The van der Waals surface area contributed by atoms with Gasteiger partial charge in [-0.3, -0.25) is 0 Å². The van der Waals surface area contributed by atoms with E-state index in [1.165, 1.54) is 13.2 Å². The summed E-state index contributed by atoms with van der Waals surface area (Å²) in [6, 6.07) is 8.50. The van der Waals surface area contributed by atoms with Gasteiger partial charge in [-0.1, -0.05) is 6.07 Å². The van der Waals surface area contributed by atoms with E-state index in [4.69, 9.17) is 15.2 Å². The Morgan fingerprint density at radius 1 is 1.33 bits per heavy atom. The molecule has 1 aromatic heterocycles.